The van der Waals surface area contributed by atoms with E-state index >= 15 is 0 Å². The topological polar surface area (TPSA) is 66.5 Å². The van der Waals surface area contributed by atoms with Crippen molar-refractivity contribution in [1.82, 2.24) is 5.32 Å². The summed E-state index contributed by atoms with van der Waals surface area (Å²) in [6, 6.07) is 13.9. The van der Waals surface area contributed by atoms with Crippen LogP contribution >= 0.6 is 23.4 Å². The standard InChI is InChI=1S/C20H25ClN2O3S2/c1-15-6-4-7-17(12-15)14-27-11-10-22-20(24)16(2)23(28(3,25)26)19-9-5-8-18(21)13-19/h4-9,12-13,16H,10-11,14H2,1-3H3,(H,22,24)/t16-/m0/s1. The van der Waals surface area contributed by atoms with Crippen LogP contribution in [0.1, 0.15) is 18.1 Å². The van der Waals surface area contributed by atoms with Crippen molar-refractivity contribution in [1.29, 1.82) is 0 Å². The Hall–Kier alpha value is -1.70. The lowest BCUT2D eigenvalue weighted by atomic mass is 10.2. The maximum atomic E-state index is 12.5. The summed E-state index contributed by atoms with van der Waals surface area (Å²) in [7, 11) is -3.65. The Bertz CT molecular complexity index is 919. The number of anilines is 1. The Morgan fingerprint density at radius 2 is 1.93 bits per heavy atom. The van der Waals surface area contributed by atoms with Crippen LogP contribution in [0.2, 0.25) is 5.02 Å². The van der Waals surface area contributed by atoms with Gasteiger partial charge in [-0.25, -0.2) is 8.42 Å². The van der Waals surface area contributed by atoms with Gasteiger partial charge in [0.05, 0.1) is 11.9 Å². The van der Waals surface area contributed by atoms with Crippen LogP contribution in [0.5, 0.6) is 0 Å². The zero-order valence-corrected chi connectivity index (χ0v) is 18.6. The predicted molar refractivity (Wildman–Crippen MR) is 119 cm³/mol. The van der Waals surface area contributed by atoms with Gasteiger partial charge < -0.3 is 5.32 Å². The number of aryl methyl sites for hydroxylation is 1. The number of carbonyl (C=O) groups is 1. The molecule has 0 radical (unpaired) electrons. The molecule has 0 saturated heterocycles. The van der Waals surface area contributed by atoms with Crippen LogP contribution in [-0.2, 0) is 20.6 Å². The van der Waals surface area contributed by atoms with Gasteiger partial charge in [0.25, 0.3) is 0 Å². The molecule has 2 aromatic carbocycles. The van der Waals surface area contributed by atoms with E-state index in [1.165, 1.54) is 17.2 Å². The number of hydrogen-bond donors (Lipinski definition) is 1. The monoisotopic (exact) mass is 440 g/mol. The third-order valence-corrected chi connectivity index (χ3v) is 6.56. The minimum atomic E-state index is -3.65. The molecule has 0 spiro atoms. The summed E-state index contributed by atoms with van der Waals surface area (Å²) in [6.07, 6.45) is 1.08. The molecule has 0 aliphatic carbocycles. The predicted octanol–water partition coefficient (Wildman–Crippen LogP) is 3.85. The van der Waals surface area contributed by atoms with Crippen LogP contribution in [0.3, 0.4) is 0 Å². The van der Waals surface area contributed by atoms with Crippen molar-refractivity contribution < 1.29 is 13.2 Å². The largest absolute Gasteiger partial charge is 0.353 e. The van der Waals surface area contributed by atoms with Gasteiger partial charge in [-0.15, -0.1) is 0 Å². The van der Waals surface area contributed by atoms with Gasteiger partial charge in [0.1, 0.15) is 6.04 Å². The molecular weight excluding hydrogens is 416 g/mol. The molecule has 0 saturated carbocycles. The van der Waals surface area contributed by atoms with Gasteiger partial charge in [-0.05, 0) is 37.6 Å². The van der Waals surface area contributed by atoms with Gasteiger partial charge in [0, 0.05) is 23.1 Å². The molecule has 0 aliphatic heterocycles. The molecule has 152 valence electrons. The third-order valence-electron chi connectivity index (χ3n) is 4.05. The molecule has 1 atom stereocenters. The van der Waals surface area contributed by atoms with Crippen LogP contribution in [0.15, 0.2) is 48.5 Å². The van der Waals surface area contributed by atoms with E-state index in [9.17, 15) is 13.2 Å². The Morgan fingerprint density at radius 3 is 2.57 bits per heavy atom. The van der Waals surface area contributed by atoms with Crippen molar-refractivity contribution >= 4 is 45.0 Å². The molecule has 8 heteroatoms. The van der Waals surface area contributed by atoms with Crippen LogP contribution in [0, 0.1) is 6.92 Å². The number of benzene rings is 2. The number of hydrogen-bond acceptors (Lipinski definition) is 4. The van der Waals surface area contributed by atoms with Crippen LogP contribution in [0.4, 0.5) is 5.69 Å². The summed E-state index contributed by atoms with van der Waals surface area (Å²) in [5.41, 5.74) is 2.84. The summed E-state index contributed by atoms with van der Waals surface area (Å²) in [5.74, 6) is 1.26. The van der Waals surface area contributed by atoms with Gasteiger partial charge in [-0.1, -0.05) is 47.5 Å². The van der Waals surface area contributed by atoms with Crippen molar-refractivity contribution in [2.45, 2.75) is 25.6 Å². The lowest BCUT2D eigenvalue weighted by Crippen LogP contribution is -2.48. The number of halogens is 1. The van der Waals surface area contributed by atoms with E-state index in [2.05, 4.69) is 30.4 Å². The van der Waals surface area contributed by atoms with Crippen LogP contribution in [-0.4, -0.2) is 38.9 Å². The van der Waals surface area contributed by atoms with E-state index in [1.54, 1.807) is 36.9 Å². The summed E-state index contributed by atoms with van der Waals surface area (Å²) < 4.78 is 25.6. The number of carbonyl (C=O) groups excluding carboxylic acids is 1. The highest BCUT2D eigenvalue weighted by Gasteiger charge is 2.28. The van der Waals surface area contributed by atoms with Crippen molar-refractivity contribution in [2.24, 2.45) is 0 Å². The van der Waals surface area contributed by atoms with Crippen molar-refractivity contribution in [3.05, 3.63) is 64.7 Å². The smallest absolute Gasteiger partial charge is 0.243 e. The first-order valence-electron chi connectivity index (χ1n) is 8.84. The summed E-state index contributed by atoms with van der Waals surface area (Å²) >= 11 is 7.69. The second kappa shape index (κ2) is 10.2. The van der Waals surface area contributed by atoms with Crippen molar-refractivity contribution in [2.75, 3.05) is 22.9 Å². The van der Waals surface area contributed by atoms with Crippen molar-refractivity contribution in [3.63, 3.8) is 0 Å². The Morgan fingerprint density at radius 1 is 1.21 bits per heavy atom. The van der Waals surface area contributed by atoms with Crippen LogP contribution < -0.4 is 9.62 Å². The van der Waals surface area contributed by atoms with E-state index in [1.807, 2.05) is 6.07 Å². The molecule has 1 amide bonds. The lowest BCUT2D eigenvalue weighted by molar-refractivity contribution is -0.121. The molecule has 0 aliphatic rings. The number of rotatable bonds is 9. The lowest BCUT2D eigenvalue weighted by Gasteiger charge is -2.28. The fourth-order valence-corrected chi connectivity index (χ4v) is 4.97. The Labute approximate surface area is 176 Å². The normalized spacial score (nSPS) is 12.4. The Kier molecular flexibility index (Phi) is 8.22. The van der Waals surface area contributed by atoms with Gasteiger partial charge in [-0.3, -0.25) is 9.10 Å². The zero-order chi connectivity index (χ0) is 20.7. The second-order valence-corrected chi connectivity index (χ2v) is 9.95. The number of thioether (sulfide) groups is 1. The molecule has 0 unspecified atom stereocenters. The fraction of sp³-hybridized carbons (Fsp3) is 0.350. The average molecular weight is 441 g/mol. The highest BCUT2D eigenvalue weighted by molar-refractivity contribution is 7.98. The summed E-state index contributed by atoms with van der Waals surface area (Å²) in [4.78, 5) is 12.5. The van der Waals surface area contributed by atoms with E-state index in [0.717, 1.165) is 22.1 Å². The van der Waals surface area contributed by atoms with E-state index in [-0.39, 0.29) is 5.91 Å². The van der Waals surface area contributed by atoms with Crippen LogP contribution in [0.25, 0.3) is 0 Å². The van der Waals surface area contributed by atoms with E-state index in [0.29, 0.717) is 17.3 Å². The van der Waals surface area contributed by atoms with Gasteiger partial charge >= 0.3 is 0 Å². The minimum absolute atomic E-state index is 0.346. The molecule has 28 heavy (non-hydrogen) atoms. The number of nitrogens with one attached hydrogen (secondary N) is 1. The highest BCUT2D eigenvalue weighted by atomic mass is 35.5. The molecule has 0 bridgehead atoms. The minimum Gasteiger partial charge on any atom is -0.353 e. The first-order valence-corrected chi connectivity index (χ1v) is 12.2. The molecule has 0 aromatic heterocycles. The highest BCUT2D eigenvalue weighted by Crippen LogP contribution is 2.24. The summed E-state index contributed by atoms with van der Waals surface area (Å²) in [6.45, 7) is 4.09. The van der Waals surface area contributed by atoms with Crippen molar-refractivity contribution in [3.8, 4) is 0 Å². The Balaban J connectivity index is 1.90. The molecule has 0 heterocycles. The fourth-order valence-electron chi connectivity index (χ4n) is 2.81. The number of sulfonamides is 1. The average Bonchev–Trinajstić information content (AvgIpc) is 2.60. The van der Waals surface area contributed by atoms with E-state index < -0.39 is 16.1 Å². The number of amides is 1. The molecule has 1 N–H and O–H groups in total. The van der Waals surface area contributed by atoms with E-state index in [4.69, 9.17) is 11.6 Å². The number of nitrogens with zero attached hydrogens (tertiary/aromatic N) is 1. The first-order chi connectivity index (χ1) is 13.2. The zero-order valence-electron chi connectivity index (χ0n) is 16.2. The van der Waals surface area contributed by atoms with Gasteiger partial charge in [-0.2, -0.15) is 11.8 Å². The maximum absolute atomic E-state index is 12.5. The molecule has 5 nitrogen and oxygen atoms in total. The maximum Gasteiger partial charge on any atom is 0.243 e. The van der Waals surface area contributed by atoms with Gasteiger partial charge in [0.2, 0.25) is 15.9 Å². The second-order valence-electron chi connectivity index (χ2n) is 6.55. The molecular formula is C20H25ClN2O3S2. The molecule has 2 aromatic rings. The molecule has 2 rings (SSSR count). The molecule has 0 fully saturated rings. The summed E-state index contributed by atoms with van der Waals surface area (Å²) in [5, 5.41) is 3.23. The first kappa shape index (κ1) is 22.6. The third kappa shape index (κ3) is 6.72. The SMILES string of the molecule is Cc1cccc(CSCCNC(=O)[C@H](C)N(c2cccc(Cl)c2)S(C)(=O)=O)c1. The quantitative estimate of drug-likeness (QED) is 0.601. The van der Waals surface area contributed by atoms with Gasteiger partial charge in [0.15, 0.2) is 0 Å².